The van der Waals surface area contributed by atoms with Gasteiger partial charge in [-0.3, -0.25) is 4.90 Å². The first-order chi connectivity index (χ1) is 8.58. The molecule has 4 heteroatoms. The summed E-state index contributed by atoms with van der Waals surface area (Å²) < 4.78 is 0.953. The SMILES string of the molecule is CC(CNCc1ccc(Br)c(Cl)c1)N(C)C1CC1. The Morgan fingerprint density at radius 3 is 2.83 bits per heavy atom. The molecule has 0 aromatic heterocycles. The van der Waals surface area contributed by atoms with Crippen molar-refractivity contribution in [2.45, 2.75) is 38.4 Å². The number of halogens is 2. The van der Waals surface area contributed by atoms with E-state index in [2.05, 4.69) is 46.2 Å². The highest BCUT2D eigenvalue weighted by atomic mass is 79.9. The first kappa shape index (κ1) is 14.3. The molecule has 1 aliphatic rings. The quantitative estimate of drug-likeness (QED) is 0.855. The van der Waals surface area contributed by atoms with Crippen LogP contribution in [0, 0.1) is 0 Å². The lowest BCUT2D eigenvalue weighted by Crippen LogP contribution is -2.38. The van der Waals surface area contributed by atoms with E-state index in [1.54, 1.807) is 0 Å². The minimum atomic E-state index is 0.587. The van der Waals surface area contributed by atoms with Gasteiger partial charge in [0.1, 0.15) is 0 Å². The molecule has 0 saturated heterocycles. The number of nitrogens with one attached hydrogen (secondary N) is 1. The molecule has 18 heavy (non-hydrogen) atoms. The monoisotopic (exact) mass is 330 g/mol. The van der Waals surface area contributed by atoms with Gasteiger partial charge in [0.05, 0.1) is 5.02 Å². The van der Waals surface area contributed by atoms with Crippen LogP contribution in [-0.2, 0) is 6.54 Å². The van der Waals surface area contributed by atoms with Gasteiger partial charge < -0.3 is 5.32 Å². The number of nitrogens with zero attached hydrogens (tertiary/aromatic N) is 1. The van der Waals surface area contributed by atoms with Gasteiger partial charge in [-0.05, 0) is 60.4 Å². The third-order valence-electron chi connectivity index (χ3n) is 3.57. The average molecular weight is 332 g/mol. The van der Waals surface area contributed by atoms with Gasteiger partial charge in [-0.25, -0.2) is 0 Å². The molecule has 1 atom stereocenters. The molecule has 1 aromatic carbocycles. The number of benzene rings is 1. The number of rotatable bonds is 6. The van der Waals surface area contributed by atoms with Crippen molar-refractivity contribution in [2.24, 2.45) is 0 Å². The first-order valence-electron chi connectivity index (χ1n) is 6.44. The summed E-state index contributed by atoms with van der Waals surface area (Å²) in [5.74, 6) is 0. The summed E-state index contributed by atoms with van der Waals surface area (Å²) in [5, 5.41) is 4.27. The van der Waals surface area contributed by atoms with E-state index in [1.807, 2.05) is 12.1 Å². The predicted molar refractivity (Wildman–Crippen MR) is 81.1 cm³/mol. The fraction of sp³-hybridized carbons (Fsp3) is 0.571. The molecule has 100 valence electrons. The zero-order valence-corrected chi connectivity index (χ0v) is 13.3. The summed E-state index contributed by atoms with van der Waals surface area (Å²) in [5.41, 5.74) is 1.23. The Morgan fingerprint density at radius 2 is 2.22 bits per heavy atom. The lowest BCUT2D eigenvalue weighted by molar-refractivity contribution is 0.241. The van der Waals surface area contributed by atoms with Crippen LogP contribution < -0.4 is 5.32 Å². The fourth-order valence-electron chi connectivity index (χ4n) is 2.06. The van der Waals surface area contributed by atoms with Crippen LogP contribution in [0.2, 0.25) is 5.02 Å². The molecule has 0 heterocycles. The van der Waals surface area contributed by atoms with Gasteiger partial charge in [-0.1, -0.05) is 17.7 Å². The van der Waals surface area contributed by atoms with Crippen LogP contribution in [-0.4, -0.2) is 30.6 Å². The molecule has 0 amide bonds. The highest BCUT2D eigenvalue weighted by molar-refractivity contribution is 9.10. The third-order valence-corrected chi connectivity index (χ3v) is 4.80. The largest absolute Gasteiger partial charge is 0.311 e. The second kappa shape index (κ2) is 6.38. The molecule has 1 N–H and O–H groups in total. The van der Waals surface area contributed by atoms with Crippen molar-refractivity contribution >= 4 is 27.5 Å². The van der Waals surface area contributed by atoms with Gasteiger partial charge in [0.15, 0.2) is 0 Å². The topological polar surface area (TPSA) is 15.3 Å². The summed E-state index contributed by atoms with van der Waals surface area (Å²) in [6, 6.07) is 7.51. The molecule has 0 bridgehead atoms. The van der Waals surface area contributed by atoms with Crippen molar-refractivity contribution in [3.05, 3.63) is 33.3 Å². The molecule has 0 aliphatic heterocycles. The molecule has 2 nitrogen and oxygen atoms in total. The Labute approximate surface area is 123 Å². The summed E-state index contributed by atoms with van der Waals surface area (Å²) >= 11 is 9.48. The highest BCUT2D eigenvalue weighted by Gasteiger charge is 2.28. The van der Waals surface area contributed by atoms with E-state index in [9.17, 15) is 0 Å². The van der Waals surface area contributed by atoms with Gasteiger partial charge in [0, 0.05) is 29.6 Å². The Balaban J connectivity index is 1.75. The van der Waals surface area contributed by atoms with Crippen LogP contribution in [0.25, 0.3) is 0 Å². The Kier molecular flexibility index (Phi) is 5.07. The molecule has 1 aromatic rings. The standard InChI is InChI=1S/C14H20BrClN2/c1-10(18(2)12-4-5-12)8-17-9-11-3-6-13(15)14(16)7-11/h3,6-7,10,12,17H,4-5,8-9H2,1-2H3. The summed E-state index contributed by atoms with van der Waals surface area (Å²) in [6.07, 6.45) is 2.73. The molecule has 2 rings (SSSR count). The van der Waals surface area contributed by atoms with E-state index in [4.69, 9.17) is 11.6 Å². The zero-order chi connectivity index (χ0) is 13.1. The Hall–Kier alpha value is -0.0900. The molecular weight excluding hydrogens is 312 g/mol. The third kappa shape index (κ3) is 3.95. The maximum Gasteiger partial charge on any atom is 0.0551 e. The van der Waals surface area contributed by atoms with Gasteiger partial charge in [-0.2, -0.15) is 0 Å². The van der Waals surface area contributed by atoms with Crippen molar-refractivity contribution in [3.63, 3.8) is 0 Å². The smallest absolute Gasteiger partial charge is 0.0551 e. The Bertz CT molecular complexity index is 407. The second-order valence-corrected chi connectivity index (χ2v) is 6.39. The Morgan fingerprint density at radius 1 is 1.50 bits per heavy atom. The van der Waals surface area contributed by atoms with Crippen molar-refractivity contribution in [1.29, 1.82) is 0 Å². The minimum Gasteiger partial charge on any atom is -0.311 e. The molecule has 1 aliphatic carbocycles. The normalized spacial score (nSPS) is 17.2. The summed E-state index contributed by atoms with van der Waals surface area (Å²) in [4.78, 5) is 2.47. The van der Waals surface area contributed by atoms with Crippen LogP contribution in [0.5, 0.6) is 0 Å². The number of likely N-dealkylation sites (N-methyl/N-ethyl adjacent to an activating group) is 1. The first-order valence-corrected chi connectivity index (χ1v) is 7.61. The van der Waals surface area contributed by atoms with E-state index in [1.165, 1.54) is 18.4 Å². The molecular formula is C14H20BrClN2. The molecule has 1 saturated carbocycles. The number of hydrogen-bond acceptors (Lipinski definition) is 2. The summed E-state index contributed by atoms with van der Waals surface area (Å²) in [7, 11) is 2.22. The van der Waals surface area contributed by atoms with Crippen LogP contribution in [0.15, 0.2) is 22.7 Å². The van der Waals surface area contributed by atoms with E-state index < -0.39 is 0 Å². The van der Waals surface area contributed by atoms with E-state index >= 15 is 0 Å². The summed E-state index contributed by atoms with van der Waals surface area (Å²) in [6.45, 7) is 4.16. The number of hydrogen-bond donors (Lipinski definition) is 1. The average Bonchev–Trinajstić information content (AvgIpc) is 3.16. The van der Waals surface area contributed by atoms with Crippen molar-refractivity contribution in [3.8, 4) is 0 Å². The van der Waals surface area contributed by atoms with E-state index in [0.29, 0.717) is 6.04 Å². The van der Waals surface area contributed by atoms with Gasteiger partial charge in [0.2, 0.25) is 0 Å². The van der Waals surface area contributed by atoms with Crippen LogP contribution in [0.4, 0.5) is 0 Å². The van der Waals surface area contributed by atoms with Gasteiger partial charge in [-0.15, -0.1) is 0 Å². The van der Waals surface area contributed by atoms with Crippen LogP contribution in [0.3, 0.4) is 0 Å². The van der Waals surface area contributed by atoms with E-state index in [0.717, 1.165) is 28.6 Å². The minimum absolute atomic E-state index is 0.587. The second-order valence-electron chi connectivity index (χ2n) is 5.13. The molecule has 0 spiro atoms. The fourth-order valence-corrected chi connectivity index (χ4v) is 2.51. The van der Waals surface area contributed by atoms with Crippen LogP contribution >= 0.6 is 27.5 Å². The van der Waals surface area contributed by atoms with Gasteiger partial charge >= 0.3 is 0 Å². The maximum atomic E-state index is 6.07. The van der Waals surface area contributed by atoms with Crippen molar-refractivity contribution < 1.29 is 0 Å². The predicted octanol–water partition coefficient (Wildman–Crippen LogP) is 3.67. The lowest BCUT2D eigenvalue weighted by atomic mass is 10.2. The highest BCUT2D eigenvalue weighted by Crippen LogP contribution is 2.26. The van der Waals surface area contributed by atoms with E-state index in [-0.39, 0.29) is 0 Å². The maximum absolute atomic E-state index is 6.07. The van der Waals surface area contributed by atoms with Crippen molar-refractivity contribution in [1.82, 2.24) is 10.2 Å². The molecule has 1 unspecified atom stereocenters. The lowest BCUT2D eigenvalue weighted by Gasteiger charge is -2.24. The molecule has 1 fully saturated rings. The molecule has 0 radical (unpaired) electrons. The van der Waals surface area contributed by atoms with Crippen molar-refractivity contribution in [2.75, 3.05) is 13.6 Å². The van der Waals surface area contributed by atoms with Gasteiger partial charge in [0.25, 0.3) is 0 Å². The zero-order valence-electron chi connectivity index (χ0n) is 10.9. The van der Waals surface area contributed by atoms with Crippen LogP contribution in [0.1, 0.15) is 25.3 Å².